The highest BCUT2D eigenvalue weighted by Gasteiger charge is 2.13. The van der Waals surface area contributed by atoms with Crippen LogP contribution in [0.1, 0.15) is 0 Å². The lowest BCUT2D eigenvalue weighted by Crippen LogP contribution is -2.36. The standard InChI is InChI=1S/C17H14Cl2N2O2S/c18-11-8-14(19)16-15(9-11)24-17(20-16)23-13-3-1-2-12(10-13)21-4-6-22-7-5-21/h1-3,8-10H,4-7H2. The molecule has 1 saturated heterocycles. The number of hydrogen-bond donors (Lipinski definition) is 0. The summed E-state index contributed by atoms with van der Waals surface area (Å²) in [7, 11) is 0. The van der Waals surface area contributed by atoms with Gasteiger partial charge in [0.25, 0.3) is 5.19 Å². The van der Waals surface area contributed by atoms with E-state index < -0.39 is 0 Å². The minimum Gasteiger partial charge on any atom is -0.431 e. The van der Waals surface area contributed by atoms with E-state index in [1.807, 2.05) is 24.3 Å². The van der Waals surface area contributed by atoms with E-state index in [9.17, 15) is 0 Å². The molecule has 0 spiro atoms. The molecule has 124 valence electrons. The van der Waals surface area contributed by atoms with Gasteiger partial charge in [0.05, 0.1) is 22.9 Å². The number of ether oxygens (including phenoxy) is 2. The van der Waals surface area contributed by atoms with Gasteiger partial charge >= 0.3 is 0 Å². The maximum atomic E-state index is 6.19. The number of hydrogen-bond acceptors (Lipinski definition) is 5. The Morgan fingerprint density at radius 1 is 1.12 bits per heavy atom. The van der Waals surface area contributed by atoms with Crippen LogP contribution in [0.5, 0.6) is 10.9 Å². The number of halogens is 2. The highest BCUT2D eigenvalue weighted by molar-refractivity contribution is 7.20. The molecule has 0 unspecified atom stereocenters. The maximum Gasteiger partial charge on any atom is 0.279 e. The fraction of sp³-hybridized carbons (Fsp3) is 0.235. The van der Waals surface area contributed by atoms with Gasteiger partial charge in [-0.1, -0.05) is 40.6 Å². The first kappa shape index (κ1) is 16.0. The number of morpholine rings is 1. The molecule has 0 radical (unpaired) electrons. The normalized spacial score (nSPS) is 15.0. The van der Waals surface area contributed by atoms with Crippen molar-refractivity contribution < 1.29 is 9.47 Å². The van der Waals surface area contributed by atoms with Crippen molar-refractivity contribution in [3.8, 4) is 10.9 Å². The van der Waals surface area contributed by atoms with Crippen molar-refractivity contribution in [3.05, 3.63) is 46.4 Å². The van der Waals surface area contributed by atoms with E-state index >= 15 is 0 Å². The quantitative estimate of drug-likeness (QED) is 0.622. The number of aromatic nitrogens is 1. The number of benzene rings is 2. The predicted octanol–water partition coefficient (Wildman–Crippen LogP) is 5.23. The van der Waals surface area contributed by atoms with Gasteiger partial charge in [-0.25, -0.2) is 4.98 Å². The van der Waals surface area contributed by atoms with Gasteiger partial charge in [0.2, 0.25) is 0 Å². The molecule has 0 aliphatic carbocycles. The Bertz CT molecular complexity index is 878. The van der Waals surface area contributed by atoms with Crippen LogP contribution in [0.25, 0.3) is 10.2 Å². The van der Waals surface area contributed by atoms with E-state index in [1.54, 1.807) is 6.07 Å². The van der Waals surface area contributed by atoms with Gasteiger partial charge in [0, 0.05) is 29.9 Å². The third-order valence-corrected chi connectivity index (χ3v) is 5.18. The third-order valence-electron chi connectivity index (χ3n) is 3.79. The minimum absolute atomic E-state index is 0.533. The van der Waals surface area contributed by atoms with Gasteiger partial charge in [-0.2, -0.15) is 0 Å². The largest absolute Gasteiger partial charge is 0.431 e. The van der Waals surface area contributed by atoms with E-state index in [4.69, 9.17) is 32.7 Å². The summed E-state index contributed by atoms with van der Waals surface area (Å²) >= 11 is 13.7. The van der Waals surface area contributed by atoms with Gasteiger partial charge in [-0.3, -0.25) is 0 Å². The predicted molar refractivity (Wildman–Crippen MR) is 99.2 cm³/mol. The Labute approximate surface area is 153 Å². The first-order chi connectivity index (χ1) is 11.7. The van der Waals surface area contributed by atoms with Crippen LogP contribution >= 0.6 is 34.5 Å². The van der Waals surface area contributed by atoms with Crippen LogP contribution in [-0.4, -0.2) is 31.3 Å². The Hall–Kier alpha value is -1.53. The van der Waals surface area contributed by atoms with Crippen LogP contribution < -0.4 is 9.64 Å². The molecule has 24 heavy (non-hydrogen) atoms. The van der Waals surface area contributed by atoms with E-state index in [2.05, 4.69) is 16.0 Å². The van der Waals surface area contributed by atoms with Gasteiger partial charge in [-0.05, 0) is 24.3 Å². The van der Waals surface area contributed by atoms with Crippen LogP contribution in [0.3, 0.4) is 0 Å². The molecule has 3 aromatic rings. The molecule has 0 amide bonds. The van der Waals surface area contributed by atoms with Gasteiger partial charge in [-0.15, -0.1) is 0 Å². The summed E-state index contributed by atoms with van der Waals surface area (Å²) in [6.45, 7) is 3.28. The monoisotopic (exact) mass is 380 g/mol. The van der Waals surface area contributed by atoms with E-state index in [-0.39, 0.29) is 0 Å². The second-order valence-corrected chi connectivity index (χ2v) is 7.25. The average molecular weight is 381 g/mol. The molecule has 2 heterocycles. The molecule has 0 N–H and O–H groups in total. The second kappa shape index (κ2) is 6.76. The van der Waals surface area contributed by atoms with Crippen LogP contribution in [0, 0.1) is 0 Å². The van der Waals surface area contributed by atoms with Crippen molar-refractivity contribution in [1.29, 1.82) is 0 Å². The number of nitrogens with zero attached hydrogens (tertiary/aromatic N) is 2. The summed E-state index contributed by atoms with van der Waals surface area (Å²) in [5.41, 5.74) is 1.84. The van der Waals surface area contributed by atoms with Gasteiger partial charge in [0.1, 0.15) is 11.3 Å². The Morgan fingerprint density at radius 3 is 2.79 bits per heavy atom. The lowest BCUT2D eigenvalue weighted by molar-refractivity contribution is 0.122. The molecular formula is C17H14Cl2N2O2S. The summed E-state index contributed by atoms with van der Waals surface area (Å²) in [4.78, 5) is 6.75. The number of rotatable bonds is 3. The molecule has 0 atom stereocenters. The highest BCUT2D eigenvalue weighted by atomic mass is 35.5. The lowest BCUT2D eigenvalue weighted by atomic mass is 10.2. The van der Waals surface area contributed by atoms with Gasteiger partial charge < -0.3 is 14.4 Å². The van der Waals surface area contributed by atoms with Crippen molar-refractivity contribution in [2.75, 3.05) is 31.2 Å². The molecule has 0 saturated carbocycles. The third kappa shape index (κ3) is 3.30. The fourth-order valence-electron chi connectivity index (χ4n) is 2.65. The first-order valence-electron chi connectivity index (χ1n) is 7.55. The summed E-state index contributed by atoms with van der Waals surface area (Å²) < 4.78 is 12.2. The van der Waals surface area contributed by atoms with Crippen LogP contribution in [0.2, 0.25) is 10.0 Å². The van der Waals surface area contributed by atoms with Crippen LogP contribution in [0.4, 0.5) is 5.69 Å². The van der Waals surface area contributed by atoms with Crippen LogP contribution in [-0.2, 0) is 4.74 Å². The van der Waals surface area contributed by atoms with Crippen molar-refractivity contribution >= 4 is 50.4 Å². The molecule has 4 rings (SSSR count). The molecule has 1 fully saturated rings. The zero-order valence-corrected chi connectivity index (χ0v) is 15.0. The zero-order valence-electron chi connectivity index (χ0n) is 12.7. The maximum absolute atomic E-state index is 6.19. The van der Waals surface area contributed by atoms with Crippen molar-refractivity contribution in [3.63, 3.8) is 0 Å². The second-order valence-electron chi connectivity index (χ2n) is 5.41. The first-order valence-corrected chi connectivity index (χ1v) is 9.12. The molecule has 0 bridgehead atoms. The average Bonchev–Trinajstić information content (AvgIpc) is 2.98. The smallest absolute Gasteiger partial charge is 0.279 e. The number of anilines is 1. The zero-order chi connectivity index (χ0) is 16.5. The van der Waals surface area contributed by atoms with Gasteiger partial charge in [0.15, 0.2) is 0 Å². The minimum atomic E-state index is 0.533. The van der Waals surface area contributed by atoms with Crippen LogP contribution in [0.15, 0.2) is 36.4 Å². The molecular weight excluding hydrogens is 367 g/mol. The van der Waals surface area contributed by atoms with E-state index in [0.717, 1.165) is 42.4 Å². The molecule has 1 aliphatic rings. The summed E-state index contributed by atoms with van der Waals surface area (Å²) in [6, 6.07) is 11.5. The number of fused-ring (bicyclic) bond motifs is 1. The number of thiazole rings is 1. The summed E-state index contributed by atoms with van der Waals surface area (Å²) in [6.07, 6.45) is 0. The van der Waals surface area contributed by atoms with E-state index in [1.165, 1.54) is 11.3 Å². The molecule has 4 nitrogen and oxygen atoms in total. The van der Waals surface area contributed by atoms with E-state index in [0.29, 0.717) is 20.8 Å². The van der Waals surface area contributed by atoms with Crippen molar-refractivity contribution in [1.82, 2.24) is 4.98 Å². The molecule has 1 aromatic heterocycles. The van der Waals surface area contributed by atoms with Crippen molar-refractivity contribution in [2.24, 2.45) is 0 Å². The lowest BCUT2D eigenvalue weighted by Gasteiger charge is -2.28. The topological polar surface area (TPSA) is 34.6 Å². The highest BCUT2D eigenvalue weighted by Crippen LogP contribution is 2.37. The fourth-order valence-corrected chi connectivity index (χ4v) is 4.20. The SMILES string of the molecule is Clc1cc(Cl)c2nc(Oc3cccc(N4CCOCC4)c3)sc2c1. The Morgan fingerprint density at radius 2 is 1.96 bits per heavy atom. The summed E-state index contributed by atoms with van der Waals surface area (Å²) in [5, 5.41) is 1.68. The molecule has 7 heteroatoms. The summed E-state index contributed by atoms with van der Waals surface area (Å²) in [5.74, 6) is 0.750. The molecule has 1 aliphatic heterocycles. The Balaban J connectivity index is 1.60. The Kier molecular flexibility index (Phi) is 4.50. The molecule has 2 aromatic carbocycles. The van der Waals surface area contributed by atoms with Crippen molar-refractivity contribution in [2.45, 2.75) is 0 Å².